The van der Waals surface area contributed by atoms with Crippen LogP contribution in [-0.4, -0.2) is 19.7 Å². The summed E-state index contributed by atoms with van der Waals surface area (Å²) in [4.78, 5) is 10.3. The Morgan fingerprint density at radius 1 is 1.53 bits per heavy atom. The van der Waals surface area contributed by atoms with Crippen molar-refractivity contribution in [1.29, 1.82) is 0 Å². The number of hydrogen-bond acceptors (Lipinski definition) is 4. The Balaban J connectivity index is 3.14. The van der Waals surface area contributed by atoms with Crippen LogP contribution in [0.1, 0.15) is 12.5 Å². The topological polar surface area (TPSA) is 58.6 Å². The van der Waals surface area contributed by atoms with Crippen molar-refractivity contribution in [3.8, 4) is 11.5 Å². The highest BCUT2D eigenvalue weighted by Gasteiger charge is 2.10. The summed E-state index contributed by atoms with van der Waals surface area (Å²) in [7, 11) is 1.49. The number of ether oxygens (including phenoxy) is 2. The molecule has 4 nitrogen and oxygen atoms in total. The molecule has 0 heterocycles. The van der Waals surface area contributed by atoms with Crippen molar-refractivity contribution in [3.05, 3.63) is 28.8 Å². The van der Waals surface area contributed by atoms with Gasteiger partial charge in [0.25, 0.3) is 0 Å². The lowest BCUT2D eigenvalue weighted by Crippen LogP contribution is -2.18. The average molecular weight is 256 g/mol. The van der Waals surface area contributed by atoms with E-state index in [2.05, 4.69) is 0 Å². The molecule has 1 aromatic rings. The van der Waals surface area contributed by atoms with Gasteiger partial charge in [0, 0.05) is 0 Å². The molecule has 0 spiro atoms. The van der Waals surface area contributed by atoms with Crippen LogP contribution in [0.4, 0.5) is 0 Å². The lowest BCUT2D eigenvalue weighted by atomic mass is 10.2. The molecule has 0 aliphatic heterocycles. The monoisotopic (exact) mass is 255 g/mol. The summed E-state index contributed by atoms with van der Waals surface area (Å²) in [5, 5.41) is 10.7. The lowest BCUT2D eigenvalue weighted by molar-refractivity contribution is -0.297. The molecule has 5 heteroatoms. The first kappa shape index (κ1) is 13.4. The summed E-state index contributed by atoms with van der Waals surface area (Å²) in [5.41, 5.74) is 0.600. The molecule has 0 aromatic heterocycles. The van der Waals surface area contributed by atoms with Crippen molar-refractivity contribution < 1.29 is 19.4 Å². The zero-order valence-electron chi connectivity index (χ0n) is 9.53. The molecule has 0 N–H and O–H groups in total. The first-order valence-corrected chi connectivity index (χ1v) is 5.35. The number of methoxy groups -OCH3 is 1. The van der Waals surface area contributed by atoms with Crippen LogP contribution < -0.4 is 14.6 Å². The minimum atomic E-state index is -1.27. The van der Waals surface area contributed by atoms with E-state index in [1.807, 2.05) is 6.92 Å². The molecule has 0 atom stereocenters. The van der Waals surface area contributed by atoms with E-state index in [1.54, 1.807) is 12.1 Å². The number of hydrogen-bond donors (Lipinski definition) is 0. The smallest absolute Gasteiger partial charge is 0.179 e. The van der Waals surface area contributed by atoms with E-state index in [0.717, 1.165) is 6.08 Å². The van der Waals surface area contributed by atoms with Crippen LogP contribution in [0.3, 0.4) is 0 Å². The summed E-state index contributed by atoms with van der Waals surface area (Å²) < 4.78 is 10.4. The van der Waals surface area contributed by atoms with E-state index in [-0.39, 0.29) is 0 Å². The number of rotatable bonds is 5. The second kappa shape index (κ2) is 6.15. The maximum Gasteiger partial charge on any atom is 0.179 e. The summed E-state index contributed by atoms with van der Waals surface area (Å²) in [6.07, 6.45) is 2.30. The van der Waals surface area contributed by atoms with Crippen LogP contribution in [0.5, 0.6) is 11.5 Å². The van der Waals surface area contributed by atoms with Gasteiger partial charge in [-0.15, -0.1) is 0 Å². The predicted molar refractivity (Wildman–Crippen MR) is 63.2 cm³/mol. The Bertz CT molecular complexity index is 440. The van der Waals surface area contributed by atoms with Gasteiger partial charge in [0.05, 0.1) is 24.7 Å². The molecule has 0 aliphatic carbocycles. The molecule has 0 saturated heterocycles. The highest BCUT2D eigenvalue weighted by atomic mass is 35.5. The highest BCUT2D eigenvalue weighted by Crippen LogP contribution is 2.36. The summed E-state index contributed by atoms with van der Waals surface area (Å²) in [6, 6.07) is 3.23. The minimum Gasteiger partial charge on any atom is -0.545 e. The van der Waals surface area contributed by atoms with E-state index in [1.165, 1.54) is 13.2 Å². The largest absolute Gasteiger partial charge is 0.545 e. The number of carboxylic acids is 1. The van der Waals surface area contributed by atoms with Gasteiger partial charge in [-0.05, 0) is 30.7 Å². The summed E-state index contributed by atoms with van der Waals surface area (Å²) >= 11 is 5.98. The van der Waals surface area contributed by atoms with Crippen molar-refractivity contribution >= 4 is 23.6 Å². The van der Waals surface area contributed by atoms with Crippen molar-refractivity contribution in [2.24, 2.45) is 0 Å². The van der Waals surface area contributed by atoms with Gasteiger partial charge < -0.3 is 19.4 Å². The molecular formula is C12H12ClO4-. The number of carboxylic acid groups (broad SMARTS) is 1. The second-order valence-corrected chi connectivity index (χ2v) is 3.53. The third-order valence-electron chi connectivity index (χ3n) is 1.95. The van der Waals surface area contributed by atoms with Gasteiger partial charge >= 0.3 is 0 Å². The number of aliphatic carboxylic acids is 1. The molecule has 0 fully saturated rings. The van der Waals surface area contributed by atoms with Gasteiger partial charge in [0.15, 0.2) is 11.5 Å². The normalized spacial score (nSPS) is 10.5. The Morgan fingerprint density at radius 3 is 2.76 bits per heavy atom. The molecule has 1 aromatic carbocycles. The van der Waals surface area contributed by atoms with Gasteiger partial charge in [0.1, 0.15) is 0 Å². The van der Waals surface area contributed by atoms with Crippen molar-refractivity contribution in [3.63, 3.8) is 0 Å². The van der Waals surface area contributed by atoms with Gasteiger partial charge in [-0.25, -0.2) is 0 Å². The molecule has 0 aliphatic rings. The number of halogens is 1. The minimum absolute atomic E-state index is 0.358. The molecule has 0 bridgehead atoms. The zero-order chi connectivity index (χ0) is 12.8. The molecule has 1 rings (SSSR count). The Kier molecular flexibility index (Phi) is 4.84. The third kappa shape index (κ3) is 3.67. The Morgan fingerprint density at radius 2 is 2.24 bits per heavy atom. The Labute approximate surface area is 104 Å². The van der Waals surface area contributed by atoms with Gasteiger partial charge in [0.2, 0.25) is 0 Å². The first-order valence-electron chi connectivity index (χ1n) is 4.97. The molecule has 0 unspecified atom stereocenters. The van der Waals surface area contributed by atoms with Crippen molar-refractivity contribution in [2.75, 3.05) is 13.7 Å². The molecule has 92 valence electrons. The lowest BCUT2D eigenvalue weighted by Gasteiger charge is -2.11. The Hall–Kier alpha value is -1.68. The fourth-order valence-electron chi connectivity index (χ4n) is 1.31. The third-order valence-corrected chi connectivity index (χ3v) is 2.23. The number of benzene rings is 1. The summed E-state index contributed by atoms with van der Waals surface area (Å²) in [5.74, 6) is -0.366. The highest BCUT2D eigenvalue weighted by molar-refractivity contribution is 6.32. The zero-order valence-corrected chi connectivity index (χ0v) is 10.3. The fraction of sp³-hybridized carbons (Fsp3) is 0.250. The van der Waals surface area contributed by atoms with E-state index in [9.17, 15) is 9.90 Å². The van der Waals surface area contributed by atoms with Crippen molar-refractivity contribution in [1.82, 2.24) is 0 Å². The van der Waals surface area contributed by atoms with E-state index >= 15 is 0 Å². The van der Waals surface area contributed by atoms with Crippen LogP contribution in [-0.2, 0) is 4.79 Å². The standard InChI is InChI=1S/C12H13ClO4/c1-3-17-10-7-8(4-5-11(14)15)6-9(13)12(10)16-2/h4-7H,3H2,1-2H3,(H,14,15)/p-1/b5-4+. The maximum atomic E-state index is 10.3. The second-order valence-electron chi connectivity index (χ2n) is 3.12. The number of carbonyl (C=O) groups excluding carboxylic acids is 1. The first-order chi connectivity index (χ1) is 8.08. The van der Waals surface area contributed by atoms with Gasteiger partial charge in [-0.1, -0.05) is 17.7 Å². The van der Waals surface area contributed by atoms with Crippen LogP contribution in [0, 0.1) is 0 Å². The molecule has 17 heavy (non-hydrogen) atoms. The van der Waals surface area contributed by atoms with E-state index in [0.29, 0.717) is 28.7 Å². The van der Waals surface area contributed by atoms with Crippen LogP contribution in [0.25, 0.3) is 6.08 Å². The average Bonchev–Trinajstić information content (AvgIpc) is 2.26. The SMILES string of the molecule is CCOc1cc(/C=C/C(=O)[O-])cc(Cl)c1OC. The van der Waals surface area contributed by atoms with Gasteiger partial charge in [-0.3, -0.25) is 0 Å². The van der Waals surface area contributed by atoms with Crippen LogP contribution >= 0.6 is 11.6 Å². The number of carbonyl (C=O) groups is 1. The molecule has 0 saturated carbocycles. The summed E-state index contributed by atoms with van der Waals surface area (Å²) in [6.45, 7) is 2.29. The van der Waals surface area contributed by atoms with Gasteiger partial charge in [-0.2, -0.15) is 0 Å². The fourth-order valence-corrected chi connectivity index (χ4v) is 1.61. The van der Waals surface area contributed by atoms with E-state index < -0.39 is 5.97 Å². The maximum absolute atomic E-state index is 10.3. The van der Waals surface area contributed by atoms with Crippen molar-refractivity contribution in [2.45, 2.75) is 6.92 Å². The molecule has 0 amide bonds. The molecular weight excluding hydrogens is 244 g/mol. The van der Waals surface area contributed by atoms with E-state index in [4.69, 9.17) is 21.1 Å². The van der Waals surface area contributed by atoms with Crippen LogP contribution in [0.2, 0.25) is 5.02 Å². The predicted octanol–water partition coefficient (Wildman–Crippen LogP) is 1.51. The quantitative estimate of drug-likeness (QED) is 0.749. The van der Waals surface area contributed by atoms with Crippen LogP contribution in [0.15, 0.2) is 18.2 Å². The molecule has 0 radical (unpaired) electrons.